The summed E-state index contributed by atoms with van der Waals surface area (Å²) in [6.45, 7) is 3.87. The van der Waals surface area contributed by atoms with Gasteiger partial charge in [0.1, 0.15) is 17.7 Å². The molecular formula is C25H24N6OS2. The number of nitrogens with zero attached hydrogens (tertiary/aromatic N) is 5. The highest BCUT2D eigenvalue weighted by molar-refractivity contribution is 7.99. The number of nitrogens with one attached hydrogen (secondary N) is 1. The summed E-state index contributed by atoms with van der Waals surface area (Å²) >= 11 is 3.10. The predicted molar refractivity (Wildman–Crippen MR) is 135 cm³/mol. The molecule has 0 atom stereocenters. The minimum atomic E-state index is -0.179. The minimum Gasteiger partial charge on any atom is -0.310 e. The molecule has 1 aromatic carbocycles. The zero-order valence-corrected chi connectivity index (χ0v) is 20.6. The van der Waals surface area contributed by atoms with E-state index in [1.807, 2.05) is 54.8 Å². The zero-order valence-electron chi connectivity index (χ0n) is 19.0. The van der Waals surface area contributed by atoms with Crippen molar-refractivity contribution in [1.29, 1.82) is 5.26 Å². The van der Waals surface area contributed by atoms with Gasteiger partial charge in [0, 0.05) is 28.7 Å². The average Bonchev–Trinajstić information content (AvgIpc) is 3.30. The van der Waals surface area contributed by atoms with Crippen LogP contribution in [0, 0.1) is 25.2 Å². The fourth-order valence-electron chi connectivity index (χ4n) is 4.05. The van der Waals surface area contributed by atoms with E-state index in [0.717, 1.165) is 47.2 Å². The summed E-state index contributed by atoms with van der Waals surface area (Å²) < 4.78 is 4.13. The molecular weight excluding hydrogens is 464 g/mol. The van der Waals surface area contributed by atoms with Crippen LogP contribution in [0.4, 0.5) is 5.82 Å². The molecule has 0 radical (unpaired) electrons. The van der Waals surface area contributed by atoms with Gasteiger partial charge in [0.05, 0.1) is 11.3 Å². The second kappa shape index (κ2) is 9.49. The van der Waals surface area contributed by atoms with Crippen molar-refractivity contribution < 1.29 is 4.79 Å². The maximum absolute atomic E-state index is 13.0. The number of thioether (sulfide) groups is 1. The molecule has 7 nitrogen and oxygen atoms in total. The van der Waals surface area contributed by atoms with Crippen LogP contribution >= 0.6 is 23.1 Å². The molecule has 3 heterocycles. The van der Waals surface area contributed by atoms with E-state index in [2.05, 4.69) is 37.6 Å². The first-order valence-electron chi connectivity index (χ1n) is 11.1. The van der Waals surface area contributed by atoms with Gasteiger partial charge in [0.15, 0.2) is 5.16 Å². The molecule has 172 valence electrons. The number of hydrogen-bond acceptors (Lipinski definition) is 6. The highest BCUT2D eigenvalue weighted by Crippen LogP contribution is 2.39. The number of rotatable bonds is 8. The second-order valence-electron chi connectivity index (χ2n) is 8.31. The van der Waals surface area contributed by atoms with Crippen LogP contribution in [0.3, 0.4) is 0 Å². The molecule has 1 saturated carbocycles. The number of thiophene rings is 1. The molecule has 0 spiro atoms. The van der Waals surface area contributed by atoms with Gasteiger partial charge in [-0.1, -0.05) is 36.0 Å². The summed E-state index contributed by atoms with van der Waals surface area (Å²) in [5, 5.41) is 24.4. The van der Waals surface area contributed by atoms with Gasteiger partial charge in [-0.05, 0) is 55.8 Å². The Labute approximate surface area is 206 Å². The van der Waals surface area contributed by atoms with Gasteiger partial charge in [0.25, 0.3) is 0 Å². The molecule has 0 aliphatic heterocycles. The number of hydrogen-bond donors (Lipinski definition) is 1. The summed E-state index contributed by atoms with van der Waals surface area (Å²) in [7, 11) is 0. The average molecular weight is 489 g/mol. The SMILES string of the molecule is Cc1c(C#N)c(NC(=O)CSc2nnc(Cc3cccs3)n2C2CC2)n(-c2ccccc2)c1C. The third-order valence-electron chi connectivity index (χ3n) is 5.99. The standard InChI is InChI=1S/C25H24N6OS2/c1-16-17(2)30(18-7-4-3-5-8-18)24(21(16)14-26)27-23(32)15-34-25-29-28-22(31(25)19-10-11-19)13-20-9-6-12-33-20/h3-9,12,19H,10-11,13,15H2,1-2H3,(H,27,32). The second-order valence-corrected chi connectivity index (χ2v) is 10.3. The number of nitriles is 1. The van der Waals surface area contributed by atoms with Crippen molar-refractivity contribution in [2.45, 2.75) is 44.3 Å². The first-order valence-corrected chi connectivity index (χ1v) is 13.0. The highest BCUT2D eigenvalue weighted by atomic mass is 32.2. The van der Waals surface area contributed by atoms with Crippen molar-refractivity contribution >= 4 is 34.8 Å². The molecule has 4 aromatic rings. The van der Waals surface area contributed by atoms with E-state index in [1.54, 1.807) is 11.3 Å². The summed E-state index contributed by atoms with van der Waals surface area (Å²) in [5.41, 5.74) is 3.18. The Bertz CT molecular complexity index is 1360. The highest BCUT2D eigenvalue weighted by Gasteiger charge is 2.30. The number of amides is 1. The molecule has 3 aromatic heterocycles. The first kappa shape index (κ1) is 22.4. The topological polar surface area (TPSA) is 88.5 Å². The van der Waals surface area contributed by atoms with E-state index in [4.69, 9.17) is 0 Å². The molecule has 1 aliphatic rings. The Kier molecular flexibility index (Phi) is 6.26. The molecule has 1 amide bonds. The van der Waals surface area contributed by atoms with Crippen molar-refractivity contribution in [3.63, 3.8) is 0 Å². The Hall–Kier alpha value is -3.35. The monoisotopic (exact) mass is 488 g/mol. The quantitative estimate of drug-likeness (QED) is 0.341. The summed E-state index contributed by atoms with van der Waals surface area (Å²) in [6.07, 6.45) is 2.98. The van der Waals surface area contributed by atoms with Gasteiger partial charge in [-0.2, -0.15) is 5.26 Å². The number of aromatic nitrogens is 4. The number of benzene rings is 1. The first-order chi connectivity index (χ1) is 16.6. The van der Waals surface area contributed by atoms with Crippen LogP contribution in [0.5, 0.6) is 0 Å². The molecule has 0 saturated heterocycles. The van der Waals surface area contributed by atoms with Crippen molar-refractivity contribution in [2.75, 3.05) is 11.1 Å². The zero-order chi connectivity index (χ0) is 23.7. The smallest absolute Gasteiger partial charge is 0.236 e. The largest absolute Gasteiger partial charge is 0.310 e. The van der Waals surface area contributed by atoms with Crippen LogP contribution in [0.25, 0.3) is 5.69 Å². The molecule has 9 heteroatoms. The van der Waals surface area contributed by atoms with Crippen LogP contribution in [0.1, 0.15) is 46.4 Å². The molecule has 5 rings (SSSR count). The van der Waals surface area contributed by atoms with Crippen molar-refractivity contribution in [3.05, 3.63) is 75.4 Å². The Morgan fingerprint density at radius 2 is 2.00 bits per heavy atom. The maximum atomic E-state index is 13.0. The third kappa shape index (κ3) is 4.39. The lowest BCUT2D eigenvalue weighted by Crippen LogP contribution is -2.18. The van der Waals surface area contributed by atoms with Crippen LogP contribution in [-0.4, -0.2) is 31.0 Å². The van der Waals surface area contributed by atoms with E-state index >= 15 is 0 Å². The molecule has 1 fully saturated rings. The van der Waals surface area contributed by atoms with Gasteiger partial charge < -0.3 is 9.88 Å². The lowest BCUT2D eigenvalue weighted by atomic mass is 10.2. The van der Waals surface area contributed by atoms with Gasteiger partial charge >= 0.3 is 0 Å². The molecule has 34 heavy (non-hydrogen) atoms. The van der Waals surface area contributed by atoms with Gasteiger partial charge in [0.2, 0.25) is 5.91 Å². The predicted octanol–water partition coefficient (Wildman–Crippen LogP) is 5.28. The van der Waals surface area contributed by atoms with E-state index in [1.165, 1.54) is 16.6 Å². The Morgan fingerprint density at radius 1 is 1.21 bits per heavy atom. The van der Waals surface area contributed by atoms with E-state index in [0.29, 0.717) is 17.4 Å². The van der Waals surface area contributed by atoms with Crippen LogP contribution in [0.2, 0.25) is 0 Å². The van der Waals surface area contributed by atoms with Gasteiger partial charge in [-0.15, -0.1) is 21.5 Å². The third-order valence-corrected chi connectivity index (χ3v) is 7.81. The lowest BCUT2D eigenvalue weighted by molar-refractivity contribution is -0.113. The van der Waals surface area contributed by atoms with Crippen LogP contribution < -0.4 is 5.32 Å². The van der Waals surface area contributed by atoms with Crippen molar-refractivity contribution in [2.24, 2.45) is 0 Å². The van der Waals surface area contributed by atoms with E-state index in [-0.39, 0.29) is 11.7 Å². The molecule has 1 aliphatic carbocycles. The van der Waals surface area contributed by atoms with Gasteiger partial charge in [-0.3, -0.25) is 9.36 Å². The number of carbonyl (C=O) groups excluding carboxylic acids is 1. The normalized spacial score (nSPS) is 13.1. The molecule has 0 bridgehead atoms. The van der Waals surface area contributed by atoms with Gasteiger partial charge in [-0.25, -0.2) is 0 Å². The minimum absolute atomic E-state index is 0.179. The number of para-hydroxylation sites is 1. The summed E-state index contributed by atoms with van der Waals surface area (Å²) in [4.78, 5) is 14.3. The van der Waals surface area contributed by atoms with Crippen molar-refractivity contribution in [3.8, 4) is 11.8 Å². The fourth-order valence-corrected chi connectivity index (χ4v) is 5.58. The van der Waals surface area contributed by atoms with Crippen molar-refractivity contribution in [1.82, 2.24) is 19.3 Å². The Balaban J connectivity index is 1.35. The van der Waals surface area contributed by atoms with E-state index in [9.17, 15) is 10.1 Å². The maximum Gasteiger partial charge on any atom is 0.236 e. The summed E-state index contributed by atoms with van der Waals surface area (Å²) in [5.74, 6) is 1.47. The number of carbonyl (C=O) groups is 1. The fraction of sp³-hybridized carbons (Fsp3) is 0.280. The lowest BCUT2D eigenvalue weighted by Gasteiger charge is -2.13. The Morgan fingerprint density at radius 3 is 2.68 bits per heavy atom. The van der Waals surface area contributed by atoms with Crippen LogP contribution in [0.15, 0.2) is 53.0 Å². The number of anilines is 1. The molecule has 0 unspecified atom stereocenters. The molecule has 1 N–H and O–H groups in total. The van der Waals surface area contributed by atoms with Crippen LogP contribution in [-0.2, 0) is 11.2 Å². The van der Waals surface area contributed by atoms with E-state index < -0.39 is 0 Å². The summed E-state index contributed by atoms with van der Waals surface area (Å²) in [6, 6.07) is 16.6.